The summed E-state index contributed by atoms with van der Waals surface area (Å²) in [5.41, 5.74) is 0. The standard InChI is InChI=1S/C27H44F2O6.C22H36F2O4.2C22H34F2O4.C2H4O2.CH4/c1-2-3-4-10-17-27(28,29)24(31)16-15-21-20(12-7-5-6-8-13-25(32)33)22(30)19-23(21)35-26-14-9-11-18-34-26;3*1-2-3-4-9-16-22(23,24)20(26)15-13-17-12-14-19(25)18(17)10-7-5-6-8-11-21(27)28;1-2(3)4;/h20-21,23,26H,2-19H2,1H3,(H,32,33);17-18H,2-16H2,1H3,(H,27,28);2*12,14,17-18H,2-11,13,15-16H2,1H3,(H,27,28);1H3,(H,3,4);1H4/t20?,21-,23-,26?;2*17-,18?;17-,18-;;/m1111../s1. The fourth-order valence-electron chi connectivity index (χ4n) is 16.9. The Balaban J connectivity index is 0.00000160. The highest BCUT2D eigenvalue weighted by atomic mass is 19.3. The Kier molecular flexibility index (Phi) is 64.2. The van der Waals surface area contributed by atoms with Gasteiger partial charge in [-0.2, -0.15) is 35.1 Å². The topological polar surface area (TPSA) is 342 Å². The van der Waals surface area contributed by atoms with Gasteiger partial charge in [-0.3, -0.25) is 62.3 Å². The third-order valence-electron chi connectivity index (χ3n) is 24.3. The van der Waals surface area contributed by atoms with Gasteiger partial charge in [-0.05, 0) is 164 Å². The maximum absolute atomic E-state index is 14.4. The molecule has 1 heterocycles. The van der Waals surface area contributed by atoms with E-state index in [9.17, 15) is 92.7 Å². The summed E-state index contributed by atoms with van der Waals surface area (Å²) >= 11 is 0. The first-order valence-electron chi connectivity index (χ1n) is 46.8. The Morgan fingerprint density at radius 1 is 0.371 bits per heavy atom. The van der Waals surface area contributed by atoms with E-state index < -0.39 is 89.2 Å². The molecule has 0 aromatic rings. The van der Waals surface area contributed by atoms with Gasteiger partial charge in [0.25, 0.3) is 5.97 Å². The van der Waals surface area contributed by atoms with E-state index in [0.717, 1.165) is 167 Å². The number of ether oxygens (including phenoxy) is 2. The molecule has 20 nitrogen and oxygen atoms in total. The summed E-state index contributed by atoms with van der Waals surface area (Å²) in [5.74, 6) is -22.3. The summed E-state index contributed by atoms with van der Waals surface area (Å²) in [7, 11) is 0. The second-order valence-electron chi connectivity index (χ2n) is 34.7. The molecule has 5 aliphatic rings. The third-order valence-corrected chi connectivity index (χ3v) is 24.3. The van der Waals surface area contributed by atoms with Crippen molar-refractivity contribution < 1.29 is 132 Å². The van der Waals surface area contributed by atoms with Crippen LogP contribution in [0.4, 0.5) is 35.1 Å². The van der Waals surface area contributed by atoms with Crippen LogP contribution in [0.2, 0.25) is 0 Å². The monoisotopic (exact) mass is 1780 g/mol. The Morgan fingerprint density at radius 3 is 1.00 bits per heavy atom. The molecule has 5 rings (SSSR count). The van der Waals surface area contributed by atoms with E-state index in [-0.39, 0.29) is 181 Å². The number of aliphatic carboxylic acids is 5. The third kappa shape index (κ3) is 53.4. The van der Waals surface area contributed by atoms with E-state index in [0.29, 0.717) is 116 Å². The van der Waals surface area contributed by atoms with Crippen LogP contribution in [0, 0.1) is 47.3 Å². The van der Waals surface area contributed by atoms with E-state index in [4.69, 9.17) is 39.8 Å². The van der Waals surface area contributed by atoms with Gasteiger partial charge in [0.15, 0.2) is 17.9 Å². The van der Waals surface area contributed by atoms with Crippen LogP contribution in [0.15, 0.2) is 24.3 Å². The van der Waals surface area contributed by atoms with Gasteiger partial charge in [0.2, 0.25) is 23.1 Å². The highest BCUT2D eigenvalue weighted by Gasteiger charge is 2.47. The fourth-order valence-corrected chi connectivity index (χ4v) is 16.9. The number of Topliss-reactive ketones (excluding diaryl/α,β-unsaturated/α-hetero) is 6. The molecular formula is C96H156F8O20. The number of hydrogen-bond donors (Lipinski definition) is 5. The van der Waals surface area contributed by atoms with Crippen LogP contribution in [0.25, 0.3) is 0 Å². The molecule has 0 aromatic carbocycles. The number of unbranched alkanes of at least 4 members (excludes halogenated alkanes) is 24. The number of alkyl halides is 8. The SMILES string of the molecule is C.CC(=O)O.CCCCCCC(F)(F)C(=O)CC[C@@H]1C(CCCCCCC(=O)O)C(=O)C[C@H]1OC1CCCCO1.CCCCCCC(F)(F)C(=O)CC[C@H]1C=CC(=O)C1CCCCCCC(=O)O.CCCCCCC(F)(F)C(=O)CC[C@H]1C=CC(=O)[C@@H]1CCCCCCC(=O)O.CCCCCCC(F)(F)C(=O)CC[C@H]1CCC(=O)C1CCCCCCC(=O)O. The number of carbonyl (C=O) groups is 13. The molecule has 0 amide bonds. The smallest absolute Gasteiger partial charge is 0.305 e. The lowest BCUT2D eigenvalue weighted by Gasteiger charge is -2.30. The van der Waals surface area contributed by atoms with Crippen molar-refractivity contribution in [2.24, 2.45) is 47.3 Å². The predicted octanol–water partition coefficient (Wildman–Crippen LogP) is 24.6. The average molecular weight is 1780 g/mol. The minimum Gasteiger partial charge on any atom is -0.481 e. The van der Waals surface area contributed by atoms with Crippen molar-refractivity contribution in [1.82, 2.24) is 0 Å². The molecule has 0 aromatic heterocycles. The van der Waals surface area contributed by atoms with E-state index in [1.165, 1.54) is 12.2 Å². The lowest BCUT2D eigenvalue weighted by atomic mass is 9.84. The van der Waals surface area contributed by atoms with Crippen LogP contribution in [-0.4, -0.2) is 144 Å². The summed E-state index contributed by atoms with van der Waals surface area (Å²) in [6.07, 6.45) is 35.9. The van der Waals surface area contributed by atoms with Crippen molar-refractivity contribution in [1.29, 1.82) is 0 Å². The van der Waals surface area contributed by atoms with Gasteiger partial charge in [0.05, 0.1) is 6.10 Å². The molecule has 5 N–H and O–H groups in total. The van der Waals surface area contributed by atoms with Crippen molar-refractivity contribution in [3.63, 3.8) is 0 Å². The molecule has 0 spiro atoms. The molecule has 0 radical (unpaired) electrons. The molecule has 10 atom stereocenters. The number of hydrogen-bond acceptors (Lipinski definition) is 15. The van der Waals surface area contributed by atoms with Crippen molar-refractivity contribution >= 4 is 76.1 Å². The molecule has 4 aliphatic carbocycles. The molecule has 716 valence electrons. The molecule has 28 heteroatoms. The van der Waals surface area contributed by atoms with Gasteiger partial charge in [0, 0.05) is 127 Å². The summed E-state index contributed by atoms with van der Waals surface area (Å²) in [5, 5.41) is 42.0. The molecule has 0 bridgehead atoms. The van der Waals surface area contributed by atoms with Crippen molar-refractivity contribution in [2.45, 2.75) is 451 Å². The zero-order valence-electron chi connectivity index (χ0n) is 74.7. The number of carboxylic acid groups (broad SMARTS) is 5. The number of halogens is 8. The Hall–Kier alpha value is -6.45. The number of rotatable bonds is 66. The maximum atomic E-state index is 14.4. The summed E-state index contributed by atoms with van der Waals surface area (Å²) in [6, 6.07) is 0. The number of allylic oxidation sites excluding steroid dienone is 4. The second-order valence-corrected chi connectivity index (χ2v) is 34.7. The molecule has 1 saturated heterocycles. The van der Waals surface area contributed by atoms with Gasteiger partial charge in [-0.1, -0.05) is 201 Å². The molecule has 3 fully saturated rings. The summed E-state index contributed by atoms with van der Waals surface area (Å²) in [4.78, 5) is 148. The fraction of sp³-hybridized carbons (Fsp3) is 0.823. The quantitative estimate of drug-likeness (QED) is 0.0279. The van der Waals surface area contributed by atoms with Crippen LogP contribution in [-0.2, 0) is 71.8 Å². The first kappa shape index (κ1) is 118. The van der Waals surface area contributed by atoms with Crippen LogP contribution in [0.3, 0.4) is 0 Å². The summed E-state index contributed by atoms with van der Waals surface area (Å²) in [6.45, 7) is 9.73. The summed E-state index contributed by atoms with van der Waals surface area (Å²) < 4.78 is 125. The van der Waals surface area contributed by atoms with Gasteiger partial charge in [-0.15, -0.1) is 0 Å². The van der Waals surface area contributed by atoms with Crippen LogP contribution in [0.1, 0.15) is 414 Å². The van der Waals surface area contributed by atoms with E-state index >= 15 is 0 Å². The van der Waals surface area contributed by atoms with Gasteiger partial charge < -0.3 is 35.0 Å². The van der Waals surface area contributed by atoms with E-state index in [2.05, 4.69) is 0 Å². The molecule has 1 aliphatic heterocycles. The van der Waals surface area contributed by atoms with E-state index in [1.807, 2.05) is 27.7 Å². The van der Waals surface area contributed by atoms with Crippen molar-refractivity contribution in [3.8, 4) is 0 Å². The van der Waals surface area contributed by atoms with Crippen molar-refractivity contribution in [2.75, 3.05) is 6.61 Å². The minimum absolute atomic E-state index is 0. The minimum atomic E-state index is -3.32. The highest BCUT2D eigenvalue weighted by molar-refractivity contribution is 5.95. The Bertz CT molecular complexity index is 3020. The normalized spacial score (nSPS) is 20.5. The zero-order valence-corrected chi connectivity index (χ0v) is 74.7. The lowest BCUT2D eigenvalue weighted by molar-refractivity contribution is -0.196. The van der Waals surface area contributed by atoms with Crippen LogP contribution >= 0.6 is 0 Å². The maximum Gasteiger partial charge on any atom is 0.305 e. The largest absolute Gasteiger partial charge is 0.481 e. The first-order chi connectivity index (χ1) is 58.3. The first-order valence-corrected chi connectivity index (χ1v) is 46.8. The number of carboxylic acids is 5. The van der Waals surface area contributed by atoms with Crippen LogP contribution < -0.4 is 0 Å². The zero-order chi connectivity index (χ0) is 92.2. The van der Waals surface area contributed by atoms with Gasteiger partial charge in [-0.25, -0.2) is 0 Å². The average Bonchev–Trinajstić information content (AvgIpc) is 1.67. The molecule has 124 heavy (non-hydrogen) atoms. The predicted molar refractivity (Wildman–Crippen MR) is 462 cm³/mol. The molecular weight excluding hydrogens is 1630 g/mol. The molecule has 4 unspecified atom stereocenters. The van der Waals surface area contributed by atoms with E-state index in [1.54, 1.807) is 12.2 Å². The van der Waals surface area contributed by atoms with Crippen molar-refractivity contribution in [3.05, 3.63) is 24.3 Å². The second kappa shape index (κ2) is 67.8. The lowest BCUT2D eigenvalue weighted by Crippen LogP contribution is -2.33. The Labute approximate surface area is 734 Å². The number of carbonyl (C=O) groups excluding carboxylic acids is 8. The highest BCUT2D eigenvalue weighted by Crippen LogP contribution is 2.43. The van der Waals surface area contributed by atoms with Gasteiger partial charge >= 0.3 is 47.6 Å². The number of ketones is 8. The Morgan fingerprint density at radius 2 is 0.677 bits per heavy atom. The van der Waals surface area contributed by atoms with Gasteiger partial charge in [0.1, 0.15) is 11.6 Å². The van der Waals surface area contributed by atoms with Crippen LogP contribution in [0.5, 0.6) is 0 Å². The molecule has 2 saturated carbocycles.